The number of hydrogen-bond donors (Lipinski definition) is 6. The van der Waals surface area contributed by atoms with Crippen molar-refractivity contribution in [3.05, 3.63) is 77.9 Å². The smallest absolute Gasteiger partial charge is 0.408 e. The van der Waals surface area contributed by atoms with Crippen molar-refractivity contribution in [1.29, 1.82) is 0 Å². The summed E-state index contributed by atoms with van der Waals surface area (Å²) in [6, 6.07) is 16.3. The molecule has 0 aliphatic heterocycles. The van der Waals surface area contributed by atoms with Gasteiger partial charge in [-0.05, 0) is 61.6 Å². The first-order valence-corrected chi connectivity index (χ1v) is 15.8. The highest BCUT2D eigenvalue weighted by Crippen LogP contribution is 2.20. The zero-order valence-electron chi connectivity index (χ0n) is 26.6. The van der Waals surface area contributed by atoms with Crippen molar-refractivity contribution < 1.29 is 23.9 Å². The van der Waals surface area contributed by atoms with Gasteiger partial charge in [0.2, 0.25) is 17.7 Å². The first-order chi connectivity index (χ1) is 22.1. The lowest BCUT2D eigenvalue weighted by Gasteiger charge is -2.27. The summed E-state index contributed by atoms with van der Waals surface area (Å²) in [5.41, 5.74) is 12.6. The number of nitrogens with one attached hydrogen (secondary N) is 4. The number of benzene rings is 2. The Balaban J connectivity index is 1.62. The van der Waals surface area contributed by atoms with E-state index in [0.29, 0.717) is 19.3 Å². The van der Waals surface area contributed by atoms with Crippen LogP contribution in [0.4, 0.5) is 4.79 Å². The Morgan fingerprint density at radius 3 is 2.20 bits per heavy atom. The molecule has 8 N–H and O–H groups in total. The number of nitrogens with zero attached hydrogens (tertiary/aromatic N) is 1. The van der Waals surface area contributed by atoms with E-state index in [1.54, 1.807) is 6.08 Å². The van der Waals surface area contributed by atoms with E-state index in [1.165, 1.54) is 6.08 Å². The van der Waals surface area contributed by atoms with Gasteiger partial charge in [0.15, 0.2) is 5.96 Å². The molecule has 0 heterocycles. The van der Waals surface area contributed by atoms with E-state index < -0.39 is 24.1 Å². The normalized spacial score (nSPS) is 17.1. The molecule has 0 saturated heterocycles. The van der Waals surface area contributed by atoms with Crippen LogP contribution >= 0.6 is 0 Å². The number of rotatable bonds is 16. The van der Waals surface area contributed by atoms with Crippen LogP contribution in [-0.4, -0.2) is 60.5 Å². The molecular formula is C34H47N7O5. The second kappa shape index (κ2) is 18.8. The Bertz CT molecular complexity index is 1330. The van der Waals surface area contributed by atoms with Gasteiger partial charge < -0.3 is 37.5 Å². The Morgan fingerprint density at radius 1 is 0.891 bits per heavy atom. The molecule has 2 aromatic carbocycles. The number of nitrogens with two attached hydrogens (primary N) is 2. The Labute approximate surface area is 270 Å². The molecule has 3 rings (SSSR count). The van der Waals surface area contributed by atoms with Crippen LogP contribution in [0, 0.1) is 5.92 Å². The molecule has 1 aliphatic carbocycles. The molecule has 46 heavy (non-hydrogen) atoms. The summed E-state index contributed by atoms with van der Waals surface area (Å²) in [7, 11) is 0. The van der Waals surface area contributed by atoms with Gasteiger partial charge in [0.1, 0.15) is 18.7 Å². The molecule has 1 saturated carbocycles. The van der Waals surface area contributed by atoms with Crippen LogP contribution < -0.4 is 32.7 Å². The summed E-state index contributed by atoms with van der Waals surface area (Å²) >= 11 is 0. The van der Waals surface area contributed by atoms with Crippen molar-refractivity contribution >= 4 is 35.9 Å². The van der Waals surface area contributed by atoms with Gasteiger partial charge in [-0.15, -0.1) is 0 Å². The van der Waals surface area contributed by atoms with E-state index in [-0.39, 0.29) is 55.3 Å². The summed E-state index contributed by atoms with van der Waals surface area (Å²) < 4.78 is 5.33. The number of amides is 4. The van der Waals surface area contributed by atoms with Crippen molar-refractivity contribution in [2.45, 2.75) is 83.1 Å². The van der Waals surface area contributed by atoms with Crippen molar-refractivity contribution in [3.8, 4) is 0 Å². The average molecular weight is 634 g/mol. The zero-order chi connectivity index (χ0) is 33.3. The quantitative estimate of drug-likeness (QED) is 0.0709. The van der Waals surface area contributed by atoms with E-state index in [0.717, 1.165) is 24.0 Å². The van der Waals surface area contributed by atoms with Gasteiger partial charge in [0.05, 0.1) is 0 Å². The number of hydrogen-bond acceptors (Lipinski definition) is 6. The van der Waals surface area contributed by atoms with E-state index in [1.807, 2.05) is 74.5 Å². The highest BCUT2D eigenvalue weighted by molar-refractivity contribution is 5.93. The fourth-order valence-corrected chi connectivity index (χ4v) is 5.21. The number of alkyl carbamates (subject to hydrolysis) is 1. The lowest BCUT2D eigenvalue weighted by Crippen LogP contribution is -2.57. The molecule has 2 unspecified atom stereocenters. The monoisotopic (exact) mass is 633 g/mol. The van der Waals surface area contributed by atoms with Gasteiger partial charge >= 0.3 is 6.09 Å². The first kappa shape index (κ1) is 35.6. The predicted molar refractivity (Wildman–Crippen MR) is 178 cm³/mol. The lowest BCUT2D eigenvalue weighted by molar-refractivity contribution is -0.131. The standard InChI is InChI=1S/C34H47N7O5/c1-23(2)21-29(32(44)39-27-16-9-15-26(27)38-30(42)19-18-24-11-5-3-6-12-24)40-31(43)28(17-10-20-37-33(35)36)41-34(45)46-22-25-13-7-4-8-14-25/h3-8,11-14,18-19,23,26-29H,9-10,15-17,20-22H2,1-2H3,(H,38,42)(H,39,44)(H,40,43)(H,41,45)(H4,35,36,37)/b19-18+/t26?,27?,28-,29-/m0/s1. The summed E-state index contributed by atoms with van der Waals surface area (Å²) in [5, 5.41) is 11.5. The zero-order valence-corrected chi connectivity index (χ0v) is 26.6. The number of aliphatic imine (C=N–C) groups is 1. The van der Waals surface area contributed by atoms with Crippen LogP contribution in [0.15, 0.2) is 71.7 Å². The largest absolute Gasteiger partial charge is 0.445 e. The fraction of sp³-hybridized carbons (Fsp3) is 0.441. The van der Waals surface area contributed by atoms with Crippen LogP contribution in [0.5, 0.6) is 0 Å². The highest BCUT2D eigenvalue weighted by atomic mass is 16.5. The van der Waals surface area contributed by atoms with Crippen molar-refractivity contribution in [3.63, 3.8) is 0 Å². The molecule has 0 bridgehead atoms. The Hall–Kier alpha value is -4.87. The van der Waals surface area contributed by atoms with Gasteiger partial charge in [-0.1, -0.05) is 74.5 Å². The minimum absolute atomic E-state index is 0.0362. The van der Waals surface area contributed by atoms with Crippen LogP contribution in [-0.2, 0) is 25.7 Å². The van der Waals surface area contributed by atoms with Crippen molar-refractivity contribution in [2.75, 3.05) is 6.54 Å². The molecule has 1 fully saturated rings. The number of carbonyl (C=O) groups excluding carboxylic acids is 4. The SMILES string of the molecule is CC(C)C[C@H](NC(=O)[C@H](CCCN=C(N)N)NC(=O)OCc1ccccc1)C(=O)NC1CCCC1NC(=O)/C=C/c1ccccc1. The van der Waals surface area contributed by atoms with Gasteiger partial charge in [-0.25, -0.2) is 4.79 Å². The summed E-state index contributed by atoms with van der Waals surface area (Å²) in [6.07, 6.45) is 5.72. The number of guanidine groups is 1. The second-order valence-corrected chi connectivity index (χ2v) is 11.8. The molecule has 2 aromatic rings. The molecule has 12 heteroatoms. The molecule has 0 aromatic heterocycles. The van der Waals surface area contributed by atoms with E-state index >= 15 is 0 Å². The Kier molecular flexibility index (Phi) is 14.6. The van der Waals surface area contributed by atoms with Gasteiger partial charge in [0, 0.05) is 24.7 Å². The summed E-state index contributed by atoms with van der Waals surface area (Å²) in [5.74, 6) is -1.10. The number of ether oxygens (including phenoxy) is 1. The minimum atomic E-state index is -0.991. The van der Waals surface area contributed by atoms with Gasteiger partial charge in [0.25, 0.3) is 0 Å². The van der Waals surface area contributed by atoms with Crippen LogP contribution in [0.3, 0.4) is 0 Å². The molecule has 0 radical (unpaired) electrons. The van der Waals surface area contributed by atoms with Gasteiger partial charge in [-0.2, -0.15) is 0 Å². The third-order valence-corrected chi connectivity index (χ3v) is 7.50. The summed E-state index contributed by atoms with van der Waals surface area (Å²) in [6.45, 7) is 4.21. The van der Waals surface area contributed by atoms with E-state index in [9.17, 15) is 19.2 Å². The van der Waals surface area contributed by atoms with E-state index in [4.69, 9.17) is 16.2 Å². The van der Waals surface area contributed by atoms with Crippen molar-refractivity contribution in [2.24, 2.45) is 22.4 Å². The van der Waals surface area contributed by atoms with E-state index in [2.05, 4.69) is 26.3 Å². The Morgan fingerprint density at radius 2 is 1.54 bits per heavy atom. The molecule has 4 atom stereocenters. The van der Waals surface area contributed by atoms with Gasteiger partial charge in [-0.3, -0.25) is 19.4 Å². The predicted octanol–water partition coefficient (Wildman–Crippen LogP) is 2.73. The first-order valence-electron chi connectivity index (χ1n) is 15.8. The van der Waals surface area contributed by atoms with Crippen LogP contribution in [0.25, 0.3) is 6.08 Å². The molecular weight excluding hydrogens is 586 g/mol. The fourth-order valence-electron chi connectivity index (χ4n) is 5.21. The lowest BCUT2D eigenvalue weighted by atomic mass is 10.0. The maximum atomic E-state index is 13.5. The third-order valence-electron chi connectivity index (χ3n) is 7.50. The minimum Gasteiger partial charge on any atom is -0.445 e. The average Bonchev–Trinajstić information content (AvgIpc) is 3.46. The van der Waals surface area contributed by atoms with Crippen LogP contribution in [0.1, 0.15) is 63.5 Å². The molecule has 1 aliphatic rings. The molecule has 248 valence electrons. The van der Waals surface area contributed by atoms with Crippen molar-refractivity contribution in [1.82, 2.24) is 21.3 Å². The second-order valence-electron chi connectivity index (χ2n) is 11.8. The summed E-state index contributed by atoms with van der Waals surface area (Å²) in [4.78, 5) is 56.3. The highest BCUT2D eigenvalue weighted by Gasteiger charge is 2.33. The topological polar surface area (TPSA) is 190 Å². The van der Waals surface area contributed by atoms with Crippen LogP contribution in [0.2, 0.25) is 0 Å². The molecule has 4 amide bonds. The third kappa shape index (κ3) is 13.0. The maximum absolute atomic E-state index is 13.5. The maximum Gasteiger partial charge on any atom is 0.408 e. The number of carbonyl (C=O) groups is 4. The molecule has 0 spiro atoms. The molecule has 12 nitrogen and oxygen atoms in total.